The third-order valence-electron chi connectivity index (χ3n) is 4.42. The zero-order valence-corrected chi connectivity index (χ0v) is 16.4. The van der Waals surface area contributed by atoms with Crippen LogP contribution in [0.3, 0.4) is 0 Å². The maximum atomic E-state index is 11.8. The number of hydrogen-bond acceptors (Lipinski definition) is 11. The smallest absolute Gasteiger partial charge is 0.341 e. The van der Waals surface area contributed by atoms with Crippen molar-refractivity contribution in [2.24, 2.45) is 0 Å². The molecule has 5 N–H and O–H groups in total. The van der Waals surface area contributed by atoms with Crippen LogP contribution in [0.5, 0.6) is 0 Å². The lowest BCUT2D eigenvalue weighted by atomic mass is 10.1. The number of nitrogen functional groups attached to an aromatic ring is 1. The number of methoxy groups -OCH3 is 1. The summed E-state index contributed by atoms with van der Waals surface area (Å²) in [5.41, 5.74) is 6.78. The van der Waals surface area contributed by atoms with E-state index in [2.05, 4.69) is 20.1 Å². The molecule has 0 saturated heterocycles. The van der Waals surface area contributed by atoms with E-state index in [4.69, 9.17) is 15.2 Å². The molecule has 162 valence electrons. The number of nitrogens with zero attached hydrogens (tertiary/aromatic N) is 6. The van der Waals surface area contributed by atoms with Gasteiger partial charge < -0.3 is 35.1 Å². The molecule has 0 aromatic carbocycles. The number of aliphatic hydroxyl groups is 3. The van der Waals surface area contributed by atoms with Crippen LogP contribution in [0.2, 0.25) is 0 Å². The van der Waals surface area contributed by atoms with Crippen molar-refractivity contribution in [2.75, 3.05) is 26.1 Å². The van der Waals surface area contributed by atoms with Crippen LogP contribution in [0.15, 0.2) is 18.7 Å². The van der Waals surface area contributed by atoms with Gasteiger partial charge >= 0.3 is 5.97 Å². The number of aliphatic hydroxyl groups excluding tert-OH is 3. The van der Waals surface area contributed by atoms with Crippen molar-refractivity contribution in [1.29, 1.82) is 0 Å². The van der Waals surface area contributed by atoms with E-state index in [0.717, 1.165) is 0 Å². The first-order valence-corrected chi connectivity index (χ1v) is 9.09. The van der Waals surface area contributed by atoms with Crippen LogP contribution in [0.25, 0.3) is 17.1 Å². The average Bonchev–Trinajstić information content (AvgIpc) is 3.37. The standard InChI is InChI=1S/C17H23N7O6/c1-3-30-16(28)9-4-20-24(5-9)17-21-14(18)12-15(22-17)23(8-19-12)6-10(26)13(27)11(7-25)29-2/h4-5,8,10-11,13,25-27H,3,6-7H2,1-2H3,(H2,18,21,22)/t10-,11+,13-/m0/s1. The number of ether oxygens (including phenoxy) is 2. The summed E-state index contributed by atoms with van der Waals surface area (Å²) in [6.45, 7) is 1.37. The maximum Gasteiger partial charge on any atom is 0.341 e. The van der Waals surface area contributed by atoms with Gasteiger partial charge in [-0.05, 0) is 6.92 Å². The fourth-order valence-electron chi connectivity index (χ4n) is 2.82. The van der Waals surface area contributed by atoms with E-state index in [1.54, 1.807) is 6.92 Å². The van der Waals surface area contributed by atoms with Crippen LogP contribution in [0.4, 0.5) is 5.82 Å². The highest BCUT2D eigenvalue weighted by Crippen LogP contribution is 2.19. The van der Waals surface area contributed by atoms with Crippen molar-refractivity contribution in [3.63, 3.8) is 0 Å². The molecule has 30 heavy (non-hydrogen) atoms. The van der Waals surface area contributed by atoms with Crippen LogP contribution < -0.4 is 5.73 Å². The predicted molar refractivity (Wildman–Crippen MR) is 103 cm³/mol. The molecule has 13 heteroatoms. The maximum absolute atomic E-state index is 11.8. The minimum absolute atomic E-state index is 0.0714. The van der Waals surface area contributed by atoms with Crippen molar-refractivity contribution in [3.05, 3.63) is 24.3 Å². The highest BCUT2D eigenvalue weighted by atomic mass is 16.5. The molecule has 0 aliphatic heterocycles. The van der Waals surface area contributed by atoms with Crippen molar-refractivity contribution < 1.29 is 29.6 Å². The topological polar surface area (TPSA) is 184 Å². The quantitative estimate of drug-likeness (QED) is 0.295. The lowest BCUT2D eigenvalue weighted by molar-refractivity contribution is -0.0959. The Hall–Kier alpha value is -3.13. The number of anilines is 1. The van der Waals surface area contributed by atoms with E-state index in [1.165, 1.54) is 35.1 Å². The largest absolute Gasteiger partial charge is 0.462 e. The van der Waals surface area contributed by atoms with Gasteiger partial charge in [-0.3, -0.25) is 0 Å². The van der Waals surface area contributed by atoms with E-state index in [-0.39, 0.29) is 36.1 Å². The number of carbonyl (C=O) groups is 1. The average molecular weight is 421 g/mol. The van der Waals surface area contributed by atoms with Gasteiger partial charge in [-0.2, -0.15) is 15.1 Å². The Morgan fingerprint density at radius 1 is 1.33 bits per heavy atom. The molecule has 0 amide bonds. The summed E-state index contributed by atoms with van der Waals surface area (Å²) in [6, 6.07) is 0. The Morgan fingerprint density at radius 2 is 2.10 bits per heavy atom. The van der Waals surface area contributed by atoms with Crippen molar-refractivity contribution in [2.45, 2.75) is 31.8 Å². The normalized spacial score (nSPS) is 14.6. The fourth-order valence-corrected chi connectivity index (χ4v) is 2.82. The third kappa shape index (κ3) is 4.23. The number of esters is 1. The molecule has 3 heterocycles. The Balaban J connectivity index is 1.91. The van der Waals surface area contributed by atoms with E-state index < -0.39 is 30.9 Å². The van der Waals surface area contributed by atoms with Gasteiger partial charge in [0.05, 0.1) is 37.8 Å². The summed E-state index contributed by atoms with van der Waals surface area (Å²) in [6.07, 6.45) is 0.550. The molecule has 0 spiro atoms. The molecule has 3 rings (SSSR count). The molecule has 0 bridgehead atoms. The van der Waals surface area contributed by atoms with Gasteiger partial charge in [-0.15, -0.1) is 0 Å². The second-order valence-electron chi connectivity index (χ2n) is 6.39. The monoisotopic (exact) mass is 421 g/mol. The summed E-state index contributed by atoms with van der Waals surface area (Å²) < 4.78 is 12.6. The van der Waals surface area contributed by atoms with Gasteiger partial charge in [0.1, 0.15) is 23.8 Å². The number of aromatic nitrogens is 6. The predicted octanol–water partition coefficient (Wildman–Crippen LogP) is -1.50. The van der Waals surface area contributed by atoms with Crippen molar-refractivity contribution >= 4 is 23.0 Å². The van der Waals surface area contributed by atoms with Crippen LogP contribution in [-0.4, -0.2) is 89.2 Å². The number of carbonyl (C=O) groups excluding carboxylic acids is 1. The zero-order chi connectivity index (χ0) is 21.8. The first-order valence-electron chi connectivity index (χ1n) is 9.09. The lowest BCUT2D eigenvalue weighted by Crippen LogP contribution is -2.42. The Bertz CT molecular complexity index is 1020. The lowest BCUT2D eigenvalue weighted by Gasteiger charge is -2.24. The molecule has 3 atom stereocenters. The minimum atomic E-state index is -1.34. The summed E-state index contributed by atoms with van der Waals surface area (Å²) in [7, 11) is 1.32. The Morgan fingerprint density at radius 3 is 2.77 bits per heavy atom. The highest BCUT2D eigenvalue weighted by Gasteiger charge is 2.27. The number of rotatable bonds is 9. The molecule has 13 nitrogen and oxygen atoms in total. The molecule has 3 aromatic rings. The zero-order valence-electron chi connectivity index (χ0n) is 16.4. The van der Waals surface area contributed by atoms with Crippen LogP contribution in [-0.2, 0) is 16.0 Å². The van der Waals surface area contributed by atoms with Gasteiger partial charge in [0.2, 0.25) is 0 Å². The SMILES string of the molecule is CCOC(=O)c1cnn(-c2nc(N)c3ncn(C[C@H](O)[C@H](O)[C@@H](CO)OC)c3n2)c1. The second kappa shape index (κ2) is 9.13. The molecule has 0 radical (unpaired) electrons. The third-order valence-corrected chi connectivity index (χ3v) is 4.42. The minimum Gasteiger partial charge on any atom is -0.462 e. The molecule has 0 unspecified atom stereocenters. The fraction of sp³-hybridized carbons (Fsp3) is 0.471. The van der Waals surface area contributed by atoms with E-state index >= 15 is 0 Å². The number of imidazole rings is 1. The highest BCUT2D eigenvalue weighted by molar-refractivity contribution is 5.89. The van der Waals surface area contributed by atoms with Crippen LogP contribution >= 0.6 is 0 Å². The summed E-state index contributed by atoms with van der Waals surface area (Å²) in [5.74, 6) is -0.379. The van der Waals surface area contributed by atoms with E-state index in [0.29, 0.717) is 5.52 Å². The summed E-state index contributed by atoms with van der Waals surface area (Å²) in [4.78, 5) is 24.5. The van der Waals surface area contributed by atoms with Crippen LogP contribution in [0.1, 0.15) is 17.3 Å². The molecule has 0 aliphatic rings. The Labute approximate surface area is 170 Å². The van der Waals surface area contributed by atoms with Gasteiger partial charge in [0, 0.05) is 13.3 Å². The summed E-state index contributed by atoms with van der Waals surface area (Å²) >= 11 is 0. The molecular weight excluding hydrogens is 398 g/mol. The molecule has 3 aromatic heterocycles. The van der Waals surface area contributed by atoms with Gasteiger partial charge in [-0.25, -0.2) is 14.5 Å². The molecule has 0 aliphatic carbocycles. The van der Waals surface area contributed by atoms with E-state index in [9.17, 15) is 20.1 Å². The van der Waals surface area contributed by atoms with E-state index in [1.807, 2.05) is 0 Å². The van der Waals surface area contributed by atoms with Gasteiger partial charge in [0.25, 0.3) is 5.95 Å². The van der Waals surface area contributed by atoms with Crippen molar-refractivity contribution in [1.82, 2.24) is 29.3 Å². The van der Waals surface area contributed by atoms with Crippen molar-refractivity contribution in [3.8, 4) is 5.95 Å². The first kappa shape index (κ1) is 21.6. The number of hydrogen-bond donors (Lipinski definition) is 4. The molecule has 0 saturated carbocycles. The number of nitrogens with two attached hydrogens (primary N) is 1. The molecule has 0 fully saturated rings. The summed E-state index contributed by atoms with van der Waals surface area (Å²) in [5, 5.41) is 33.7. The Kier molecular flexibility index (Phi) is 6.56. The molecular formula is C17H23N7O6. The first-order chi connectivity index (χ1) is 14.4. The second-order valence-corrected chi connectivity index (χ2v) is 6.39. The number of fused-ring (bicyclic) bond motifs is 1. The van der Waals surface area contributed by atoms with Gasteiger partial charge in [0.15, 0.2) is 11.5 Å². The van der Waals surface area contributed by atoms with Crippen LogP contribution in [0, 0.1) is 0 Å². The van der Waals surface area contributed by atoms with Gasteiger partial charge in [-0.1, -0.05) is 0 Å².